The summed E-state index contributed by atoms with van der Waals surface area (Å²) in [6.45, 7) is 5.05. The minimum atomic E-state index is -1.37. The van der Waals surface area contributed by atoms with Crippen LogP contribution in [-0.2, 0) is 12.1 Å². The predicted molar refractivity (Wildman–Crippen MR) is 137 cm³/mol. The first-order chi connectivity index (χ1) is 16.1. The van der Waals surface area contributed by atoms with E-state index in [-0.39, 0.29) is 0 Å². The maximum atomic E-state index is 4.49. The van der Waals surface area contributed by atoms with Crippen LogP contribution in [0, 0.1) is 0 Å². The van der Waals surface area contributed by atoms with Gasteiger partial charge in [-0.1, -0.05) is 84.9 Å². The lowest BCUT2D eigenvalue weighted by molar-refractivity contribution is 0.228. The Morgan fingerprint density at radius 2 is 0.939 bits per heavy atom. The highest BCUT2D eigenvalue weighted by molar-refractivity contribution is 6.76. The molecule has 1 fully saturated rings. The van der Waals surface area contributed by atoms with Crippen LogP contribution in [0.2, 0.25) is 13.1 Å². The second kappa shape index (κ2) is 8.07. The fourth-order valence-electron chi connectivity index (χ4n) is 6.44. The Labute approximate surface area is 197 Å². The summed E-state index contributed by atoms with van der Waals surface area (Å²) in [5.74, 6) is 1.61. The lowest BCUT2D eigenvalue weighted by Crippen LogP contribution is -2.40. The highest BCUT2D eigenvalue weighted by Gasteiger charge is 2.52. The second-order valence-corrected chi connectivity index (χ2v) is 15.7. The normalized spacial score (nSPS) is 25.3. The van der Waals surface area contributed by atoms with Crippen LogP contribution >= 0.6 is 0 Å². The number of benzene rings is 2. The Kier molecular flexibility index (Phi) is 5.03. The molecule has 0 N–H and O–H groups in total. The maximum Gasteiger partial charge on any atom is 0.0561 e. The predicted octanol–water partition coefficient (Wildman–Crippen LogP) is 6.81. The lowest BCUT2D eigenvalue weighted by Gasteiger charge is -2.53. The topological polar surface area (TPSA) is 25.8 Å². The summed E-state index contributed by atoms with van der Waals surface area (Å²) in [5.41, 5.74) is 8.52. The van der Waals surface area contributed by atoms with Gasteiger partial charge in [-0.2, -0.15) is 0 Å². The molecule has 4 aromatic rings. The minimum Gasteiger partial charge on any atom is -0.264 e. The summed E-state index contributed by atoms with van der Waals surface area (Å²) in [7, 11) is -1.37. The molecule has 0 saturated heterocycles. The van der Waals surface area contributed by atoms with Gasteiger partial charge in [-0.05, 0) is 58.3 Å². The fraction of sp³-hybridized carbons (Fsp3) is 0.267. The third-order valence-electron chi connectivity index (χ3n) is 7.78. The summed E-state index contributed by atoms with van der Waals surface area (Å²) >= 11 is 0. The molecule has 9 rings (SSSR count). The Morgan fingerprint density at radius 3 is 1.30 bits per heavy atom. The van der Waals surface area contributed by atoms with Gasteiger partial charge in [0, 0.05) is 36.6 Å². The molecule has 1 aliphatic carbocycles. The van der Waals surface area contributed by atoms with E-state index < -0.39 is 8.07 Å². The molecule has 6 heterocycles. The first kappa shape index (κ1) is 20.6. The molecule has 0 amide bonds. The number of hydrogen-bond donors (Lipinski definition) is 0. The van der Waals surface area contributed by atoms with Crippen molar-refractivity contribution < 1.29 is 0 Å². The molecule has 2 nitrogen and oxygen atoms in total. The van der Waals surface area contributed by atoms with Crippen LogP contribution in [0.15, 0.2) is 97.6 Å². The van der Waals surface area contributed by atoms with E-state index in [0.717, 1.165) is 0 Å². The third-order valence-corrected chi connectivity index (χ3v) is 10.5. The fourth-order valence-corrected chi connectivity index (χ4v) is 9.24. The molecular formula is C30H30N2Si. The van der Waals surface area contributed by atoms with Crippen LogP contribution in [-0.4, -0.2) is 18.0 Å². The molecule has 0 spiro atoms. The molecule has 2 aromatic carbocycles. The van der Waals surface area contributed by atoms with Crippen molar-refractivity contribution in [1.82, 2.24) is 9.97 Å². The molecule has 1 saturated carbocycles. The van der Waals surface area contributed by atoms with Gasteiger partial charge in [-0.3, -0.25) is 9.97 Å². The van der Waals surface area contributed by atoms with Crippen LogP contribution in [0.1, 0.15) is 57.1 Å². The van der Waals surface area contributed by atoms with Crippen molar-refractivity contribution in [3.63, 3.8) is 0 Å². The van der Waals surface area contributed by atoms with E-state index in [1.54, 1.807) is 0 Å². The zero-order valence-electron chi connectivity index (χ0n) is 19.4. The number of hydrogen-bond acceptors (Lipinski definition) is 2. The van der Waals surface area contributed by atoms with Gasteiger partial charge in [0.15, 0.2) is 0 Å². The van der Waals surface area contributed by atoms with Crippen molar-refractivity contribution in [3.8, 4) is 0 Å². The number of rotatable bonds is 2. The third kappa shape index (κ3) is 3.75. The Morgan fingerprint density at radius 1 is 0.545 bits per heavy atom. The van der Waals surface area contributed by atoms with Gasteiger partial charge in [0.05, 0.1) is 8.07 Å². The van der Waals surface area contributed by atoms with Crippen molar-refractivity contribution in [2.45, 2.75) is 48.9 Å². The second-order valence-electron chi connectivity index (χ2n) is 10.7. The van der Waals surface area contributed by atoms with Crippen molar-refractivity contribution in [3.05, 3.63) is 131 Å². The van der Waals surface area contributed by atoms with E-state index in [0.29, 0.717) is 23.7 Å². The van der Waals surface area contributed by atoms with Gasteiger partial charge in [0.1, 0.15) is 0 Å². The zero-order chi connectivity index (χ0) is 22.4. The highest BCUT2D eigenvalue weighted by atomic mass is 28.3. The molecule has 164 valence electrons. The maximum absolute atomic E-state index is 4.49. The van der Waals surface area contributed by atoms with E-state index in [4.69, 9.17) is 0 Å². The summed E-state index contributed by atoms with van der Waals surface area (Å²) in [6, 6.07) is 30.3. The van der Waals surface area contributed by atoms with E-state index in [9.17, 15) is 0 Å². The number of aromatic nitrogens is 2. The van der Waals surface area contributed by atoms with Crippen LogP contribution in [0.4, 0.5) is 0 Å². The first-order valence-electron chi connectivity index (χ1n) is 12.1. The minimum absolute atomic E-state index is 0.384. The molecule has 4 atom stereocenters. The summed E-state index contributed by atoms with van der Waals surface area (Å²) in [6.07, 6.45) is 7.89. The average Bonchev–Trinajstić information content (AvgIpc) is 2.83. The number of nitrogens with zero attached hydrogens (tertiary/aromatic N) is 2. The van der Waals surface area contributed by atoms with Crippen LogP contribution in [0.3, 0.4) is 0 Å². The van der Waals surface area contributed by atoms with E-state index in [1.807, 2.05) is 12.4 Å². The van der Waals surface area contributed by atoms with Gasteiger partial charge in [-0.15, -0.1) is 0 Å². The summed E-state index contributed by atoms with van der Waals surface area (Å²) in [4.78, 5) is 8.99. The average molecular weight is 447 g/mol. The van der Waals surface area contributed by atoms with Crippen LogP contribution in [0.5, 0.6) is 0 Å². The van der Waals surface area contributed by atoms with Crippen molar-refractivity contribution in [2.24, 2.45) is 0 Å². The molecule has 2 aromatic heterocycles. The SMILES string of the molecule is C[Si]1(C)Cc2ccc(cc2)[C@@H]2[C@H](c3ccc(cc3)C1)[C@@H](c1cccnc1)[C@H]2c1cccnc1. The standard InChI is InChI=1S/C30H30N2Si/c1-33(2)19-21-7-11-23(12-8-21)27-28(24-13-9-22(20-33)10-14-24)30(26-6-4-16-32-18-26)29(27)25-5-3-15-31-17-25/h3-18,27-30H,19-20H2,1-2H3/t27-,28+,29+,30-. The summed E-state index contributed by atoms with van der Waals surface area (Å²) in [5, 5.41) is 0. The molecule has 33 heavy (non-hydrogen) atoms. The highest BCUT2D eigenvalue weighted by Crippen LogP contribution is 2.66. The van der Waals surface area contributed by atoms with Gasteiger partial charge < -0.3 is 0 Å². The van der Waals surface area contributed by atoms with Crippen LogP contribution < -0.4 is 0 Å². The van der Waals surface area contributed by atoms with Gasteiger partial charge in [-0.25, -0.2) is 0 Å². The molecule has 3 heteroatoms. The number of pyridine rings is 2. The summed E-state index contributed by atoms with van der Waals surface area (Å²) < 4.78 is 0. The Balaban J connectivity index is 1.54. The molecule has 0 unspecified atom stereocenters. The van der Waals surface area contributed by atoms with Crippen LogP contribution in [0.25, 0.3) is 0 Å². The molecule has 5 aliphatic rings. The van der Waals surface area contributed by atoms with E-state index in [1.165, 1.54) is 45.5 Å². The first-order valence-corrected chi connectivity index (χ1v) is 15.5. The van der Waals surface area contributed by atoms with Crippen molar-refractivity contribution in [1.29, 1.82) is 0 Å². The smallest absolute Gasteiger partial charge is 0.0561 e. The van der Waals surface area contributed by atoms with E-state index >= 15 is 0 Å². The largest absolute Gasteiger partial charge is 0.264 e. The molecule has 0 radical (unpaired) electrons. The van der Waals surface area contributed by atoms with Gasteiger partial charge >= 0.3 is 0 Å². The van der Waals surface area contributed by atoms with Gasteiger partial charge in [0.25, 0.3) is 0 Å². The van der Waals surface area contributed by atoms with Crippen molar-refractivity contribution >= 4 is 8.07 Å². The zero-order valence-corrected chi connectivity index (χ0v) is 20.4. The lowest BCUT2D eigenvalue weighted by atomic mass is 9.49. The Hall–Kier alpha value is -3.04. The van der Waals surface area contributed by atoms with Gasteiger partial charge in [0.2, 0.25) is 0 Å². The van der Waals surface area contributed by atoms with Crippen molar-refractivity contribution in [2.75, 3.05) is 0 Å². The molecule has 4 aliphatic heterocycles. The molecule has 4 bridgehead atoms. The quantitative estimate of drug-likeness (QED) is 0.316. The Bertz CT molecular complexity index is 1140. The monoisotopic (exact) mass is 446 g/mol. The molecular weight excluding hydrogens is 416 g/mol. The van der Waals surface area contributed by atoms with E-state index in [2.05, 4.69) is 108 Å².